The summed E-state index contributed by atoms with van der Waals surface area (Å²) < 4.78 is 10.4. The average Bonchev–Trinajstić information content (AvgIpc) is 2.89. The third-order valence-electron chi connectivity index (χ3n) is 2.76. The van der Waals surface area contributed by atoms with Crippen LogP contribution in [0.5, 0.6) is 0 Å². The van der Waals surface area contributed by atoms with E-state index in [-0.39, 0.29) is 0 Å². The van der Waals surface area contributed by atoms with Crippen LogP contribution in [0.3, 0.4) is 0 Å². The molecule has 1 atom stereocenters. The molecule has 1 aliphatic heterocycles. The van der Waals surface area contributed by atoms with Crippen LogP contribution in [-0.2, 0) is 11.3 Å². The van der Waals surface area contributed by atoms with Gasteiger partial charge in [0.05, 0.1) is 12.6 Å². The summed E-state index contributed by atoms with van der Waals surface area (Å²) in [6.07, 6.45) is 5.23. The first kappa shape index (κ1) is 11.5. The van der Waals surface area contributed by atoms with E-state index in [4.69, 9.17) is 9.26 Å². The van der Waals surface area contributed by atoms with Gasteiger partial charge in [0.25, 0.3) is 0 Å². The first-order valence-corrected chi connectivity index (χ1v) is 5.96. The number of hydrogen-bond acceptors (Lipinski definition) is 5. The van der Waals surface area contributed by atoms with Gasteiger partial charge < -0.3 is 14.6 Å². The van der Waals surface area contributed by atoms with Gasteiger partial charge in [-0.3, -0.25) is 0 Å². The molecule has 5 nitrogen and oxygen atoms in total. The molecule has 90 valence electrons. The fourth-order valence-corrected chi connectivity index (χ4v) is 1.94. The standard InChI is InChI=1S/C11H19N3O2/c1-9-13-11(14-16-9)8-12-6-2-4-10-5-3-7-15-10/h10,12H,2-8H2,1H3. The smallest absolute Gasteiger partial charge is 0.223 e. The van der Waals surface area contributed by atoms with E-state index in [1.54, 1.807) is 6.92 Å². The number of hydrogen-bond donors (Lipinski definition) is 1. The molecule has 2 heterocycles. The molecule has 0 aromatic carbocycles. The topological polar surface area (TPSA) is 60.2 Å². The Morgan fingerprint density at radius 3 is 3.12 bits per heavy atom. The molecule has 1 N–H and O–H groups in total. The van der Waals surface area contributed by atoms with E-state index in [2.05, 4.69) is 15.5 Å². The minimum absolute atomic E-state index is 0.495. The summed E-state index contributed by atoms with van der Waals surface area (Å²) in [5, 5.41) is 7.12. The number of ether oxygens (including phenoxy) is 1. The Bertz CT molecular complexity index is 308. The maximum absolute atomic E-state index is 5.55. The molecule has 5 heteroatoms. The fourth-order valence-electron chi connectivity index (χ4n) is 1.94. The van der Waals surface area contributed by atoms with Gasteiger partial charge >= 0.3 is 0 Å². The number of rotatable bonds is 6. The molecule has 16 heavy (non-hydrogen) atoms. The molecule has 0 amide bonds. The van der Waals surface area contributed by atoms with Crippen LogP contribution in [0.4, 0.5) is 0 Å². The van der Waals surface area contributed by atoms with Gasteiger partial charge in [-0.1, -0.05) is 5.16 Å². The largest absolute Gasteiger partial charge is 0.378 e. The molecule has 1 aliphatic rings. The zero-order chi connectivity index (χ0) is 11.2. The van der Waals surface area contributed by atoms with Gasteiger partial charge in [-0.2, -0.15) is 4.98 Å². The van der Waals surface area contributed by atoms with E-state index < -0.39 is 0 Å². The molecule has 0 aliphatic carbocycles. The molecular formula is C11H19N3O2. The molecule has 0 saturated carbocycles. The van der Waals surface area contributed by atoms with Crippen LogP contribution in [0.15, 0.2) is 4.52 Å². The Morgan fingerprint density at radius 1 is 1.50 bits per heavy atom. The zero-order valence-electron chi connectivity index (χ0n) is 9.74. The Labute approximate surface area is 95.6 Å². The van der Waals surface area contributed by atoms with Crippen molar-refractivity contribution in [2.75, 3.05) is 13.2 Å². The van der Waals surface area contributed by atoms with E-state index in [1.807, 2.05) is 0 Å². The van der Waals surface area contributed by atoms with Crippen molar-refractivity contribution < 1.29 is 9.26 Å². The molecule has 1 saturated heterocycles. The lowest BCUT2D eigenvalue weighted by atomic mass is 10.1. The Hall–Kier alpha value is -0.940. The lowest BCUT2D eigenvalue weighted by Gasteiger charge is -2.08. The molecule has 0 bridgehead atoms. The van der Waals surface area contributed by atoms with Gasteiger partial charge in [-0.25, -0.2) is 0 Å². The van der Waals surface area contributed by atoms with Crippen molar-refractivity contribution in [3.8, 4) is 0 Å². The zero-order valence-corrected chi connectivity index (χ0v) is 9.74. The monoisotopic (exact) mass is 225 g/mol. The van der Waals surface area contributed by atoms with Crippen LogP contribution in [0.2, 0.25) is 0 Å². The van der Waals surface area contributed by atoms with Crippen LogP contribution in [-0.4, -0.2) is 29.4 Å². The lowest BCUT2D eigenvalue weighted by molar-refractivity contribution is 0.102. The summed E-state index contributed by atoms with van der Waals surface area (Å²) in [7, 11) is 0. The molecule has 1 aromatic rings. The van der Waals surface area contributed by atoms with Crippen molar-refractivity contribution in [3.63, 3.8) is 0 Å². The first-order chi connectivity index (χ1) is 7.84. The minimum Gasteiger partial charge on any atom is -0.378 e. The molecule has 1 unspecified atom stereocenters. The van der Waals surface area contributed by atoms with Crippen LogP contribution < -0.4 is 5.32 Å². The second kappa shape index (κ2) is 5.96. The van der Waals surface area contributed by atoms with Crippen LogP contribution in [0.25, 0.3) is 0 Å². The van der Waals surface area contributed by atoms with Gasteiger partial charge in [0.1, 0.15) is 0 Å². The second-order valence-corrected chi connectivity index (χ2v) is 4.18. The van der Waals surface area contributed by atoms with Gasteiger partial charge in [0, 0.05) is 13.5 Å². The van der Waals surface area contributed by atoms with Crippen molar-refractivity contribution in [2.24, 2.45) is 0 Å². The van der Waals surface area contributed by atoms with Crippen molar-refractivity contribution in [1.29, 1.82) is 0 Å². The summed E-state index contributed by atoms with van der Waals surface area (Å²) in [5.41, 5.74) is 0. The maximum Gasteiger partial charge on any atom is 0.223 e. The van der Waals surface area contributed by atoms with Gasteiger partial charge in [0.15, 0.2) is 5.82 Å². The Morgan fingerprint density at radius 2 is 2.44 bits per heavy atom. The Kier molecular flexibility index (Phi) is 4.30. The molecule has 0 spiro atoms. The average molecular weight is 225 g/mol. The maximum atomic E-state index is 5.55. The van der Waals surface area contributed by atoms with E-state index >= 15 is 0 Å². The molecule has 1 fully saturated rings. The van der Waals surface area contributed by atoms with Crippen LogP contribution >= 0.6 is 0 Å². The number of nitrogens with one attached hydrogen (secondary N) is 1. The quantitative estimate of drug-likeness (QED) is 0.742. The second-order valence-electron chi connectivity index (χ2n) is 4.18. The highest BCUT2D eigenvalue weighted by Gasteiger charge is 2.14. The molecule has 2 rings (SSSR count). The molecule has 0 radical (unpaired) electrons. The summed E-state index contributed by atoms with van der Waals surface area (Å²) in [4.78, 5) is 4.12. The molecule has 1 aromatic heterocycles. The summed E-state index contributed by atoms with van der Waals surface area (Å²) >= 11 is 0. The fraction of sp³-hybridized carbons (Fsp3) is 0.818. The van der Waals surface area contributed by atoms with E-state index in [9.17, 15) is 0 Å². The minimum atomic E-state index is 0.495. The summed E-state index contributed by atoms with van der Waals surface area (Å²) in [6.45, 7) is 4.41. The van der Waals surface area contributed by atoms with Crippen molar-refractivity contribution in [2.45, 2.75) is 45.3 Å². The SMILES string of the molecule is Cc1nc(CNCCCC2CCCO2)no1. The predicted molar refractivity (Wildman–Crippen MR) is 58.9 cm³/mol. The van der Waals surface area contributed by atoms with Gasteiger partial charge in [-0.15, -0.1) is 0 Å². The summed E-state index contributed by atoms with van der Waals surface area (Å²) in [6, 6.07) is 0. The van der Waals surface area contributed by atoms with Gasteiger partial charge in [0.2, 0.25) is 5.89 Å². The van der Waals surface area contributed by atoms with Crippen molar-refractivity contribution in [3.05, 3.63) is 11.7 Å². The molecular weight excluding hydrogens is 206 g/mol. The predicted octanol–water partition coefficient (Wildman–Crippen LogP) is 1.43. The van der Waals surface area contributed by atoms with Crippen LogP contribution in [0, 0.1) is 6.92 Å². The number of nitrogens with zero attached hydrogens (tertiary/aromatic N) is 2. The third-order valence-corrected chi connectivity index (χ3v) is 2.76. The van der Waals surface area contributed by atoms with E-state index in [0.29, 0.717) is 18.5 Å². The Balaban J connectivity index is 1.51. The van der Waals surface area contributed by atoms with Crippen molar-refractivity contribution in [1.82, 2.24) is 15.5 Å². The number of aryl methyl sites for hydroxylation is 1. The first-order valence-electron chi connectivity index (χ1n) is 5.96. The highest BCUT2D eigenvalue weighted by atomic mass is 16.5. The normalized spacial score (nSPS) is 20.4. The van der Waals surface area contributed by atoms with Crippen LogP contribution in [0.1, 0.15) is 37.4 Å². The summed E-state index contributed by atoms with van der Waals surface area (Å²) in [5.74, 6) is 1.35. The number of aromatic nitrogens is 2. The lowest BCUT2D eigenvalue weighted by Crippen LogP contribution is -2.17. The highest BCUT2D eigenvalue weighted by molar-refractivity contribution is 4.82. The van der Waals surface area contributed by atoms with E-state index in [1.165, 1.54) is 12.8 Å². The van der Waals surface area contributed by atoms with Crippen molar-refractivity contribution >= 4 is 0 Å². The van der Waals surface area contributed by atoms with Gasteiger partial charge in [-0.05, 0) is 32.2 Å². The third kappa shape index (κ3) is 3.57. The highest BCUT2D eigenvalue weighted by Crippen LogP contribution is 2.16. The van der Waals surface area contributed by atoms with E-state index in [0.717, 1.165) is 31.8 Å².